The zero-order chi connectivity index (χ0) is 23.5. The van der Waals surface area contributed by atoms with Crippen molar-refractivity contribution in [3.8, 4) is 11.3 Å². The van der Waals surface area contributed by atoms with Crippen molar-refractivity contribution in [2.24, 2.45) is 0 Å². The highest BCUT2D eigenvalue weighted by molar-refractivity contribution is 7.80. The molecule has 2 heterocycles. The smallest absolute Gasteiger partial charge is 0.293 e. The van der Waals surface area contributed by atoms with E-state index < -0.39 is 10.8 Å². The number of nitrogens with one attached hydrogen (secondary N) is 1. The van der Waals surface area contributed by atoms with Gasteiger partial charge in [0.15, 0.2) is 10.9 Å². The van der Waals surface area contributed by atoms with Gasteiger partial charge in [0.2, 0.25) is 0 Å². The molecule has 4 rings (SSSR count). The molecule has 33 heavy (non-hydrogen) atoms. The lowest BCUT2D eigenvalue weighted by Gasteiger charge is -2.37. The lowest BCUT2D eigenvalue weighted by atomic mass is 10.2. The zero-order valence-electron chi connectivity index (χ0n) is 17.2. The Kier molecular flexibility index (Phi) is 6.83. The SMILES string of the molecule is O=C(NC(=S)N1CCN(c2ccc([N+](=O)[O-])cc2Cl)CC1)c1ccc(-c2cccc(Cl)c2)o1. The van der Waals surface area contributed by atoms with Crippen LogP contribution >= 0.6 is 35.4 Å². The molecule has 1 aliphatic heterocycles. The highest BCUT2D eigenvalue weighted by Gasteiger charge is 2.23. The van der Waals surface area contributed by atoms with Gasteiger partial charge in [-0.05, 0) is 42.5 Å². The fourth-order valence-corrected chi connectivity index (χ4v) is 4.27. The molecular formula is C22H18Cl2N4O4S. The lowest BCUT2D eigenvalue weighted by Crippen LogP contribution is -2.52. The van der Waals surface area contributed by atoms with Crippen LogP contribution in [0.1, 0.15) is 10.6 Å². The topological polar surface area (TPSA) is 91.9 Å². The van der Waals surface area contributed by atoms with Gasteiger partial charge in [-0.2, -0.15) is 0 Å². The Morgan fingerprint density at radius 1 is 1.06 bits per heavy atom. The number of rotatable bonds is 4. The van der Waals surface area contributed by atoms with E-state index in [1.165, 1.54) is 12.1 Å². The number of halogens is 2. The van der Waals surface area contributed by atoms with Crippen molar-refractivity contribution in [2.45, 2.75) is 0 Å². The second-order valence-electron chi connectivity index (χ2n) is 7.30. The van der Waals surface area contributed by atoms with Gasteiger partial charge in [0.25, 0.3) is 11.6 Å². The predicted octanol–water partition coefficient (Wildman–Crippen LogP) is 5.00. The van der Waals surface area contributed by atoms with Gasteiger partial charge in [0, 0.05) is 48.9 Å². The van der Waals surface area contributed by atoms with Gasteiger partial charge in [-0.25, -0.2) is 0 Å². The molecule has 0 aliphatic carbocycles. The average molecular weight is 505 g/mol. The van der Waals surface area contributed by atoms with Crippen LogP contribution in [-0.4, -0.2) is 47.0 Å². The number of hydrogen-bond donors (Lipinski definition) is 1. The van der Waals surface area contributed by atoms with E-state index in [1.807, 2.05) is 15.9 Å². The standard InChI is InChI=1S/C22H18Cl2N4O4S/c23-15-3-1-2-14(12-15)19-6-7-20(32-19)21(29)25-22(33)27-10-8-26(9-11-27)18-5-4-16(28(30)31)13-17(18)24/h1-7,12-13H,8-11H2,(H,25,29,33). The number of furan rings is 1. The van der Waals surface area contributed by atoms with E-state index in [4.69, 9.17) is 39.8 Å². The second kappa shape index (κ2) is 9.78. The van der Waals surface area contributed by atoms with Crippen LogP contribution in [0.2, 0.25) is 10.0 Å². The monoisotopic (exact) mass is 504 g/mol. The van der Waals surface area contributed by atoms with E-state index in [-0.39, 0.29) is 11.4 Å². The van der Waals surface area contributed by atoms with Gasteiger partial charge in [0.05, 0.1) is 15.6 Å². The minimum absolute atomic E-state index is 0.0530. The summed E-state index contributed by atoms with van der Waals surface area (Å²) in [6, 6.07) is 14.9. The molecule has 170 valence electrons. The van der Waals surface area contributed by atoms with Crippen molar-refractivity contribution in [1.82, 2.24) is 10.2 Å². The summed E-state index contributed by atoms with van der Waals surface area (Å²) in [5, 5.41) is 14.8. The summed E-state index contributed by atoms with van der Waals surface area (Å²) in [4.78, 5) is 26.9. The molecule has 11 heteroatoms. The van der Waals surface area contributed by atoms with E-state index in [2.05, 4.69) is 5.32 Å². The maximum absolute atomic E-state index is 12.6. The zero-order valence-corrected chi connectivity index (χ0v) is 19.5. The summed E-state index contributed by atoms with van der Waals surface area (Å²) in [6.07, 6.45) is 0. The van der Waals surface area contributed by atoms with Crippen LogP contribution in [0, 0.1) is 10.1 Å². The van der Waals surface area contributed by atoms with Crippen molar-refractivity contribution in [3.63, 3.8) is 0 Å². The molecule has 8 nitrogen and oxygen atoms in total. The second-order valence-corrected chi connectivity index (χ2v) is 8.53. The molecule has 0 unspecified atom stereocenters. The van der Waals surface area contributed by atoms with Gasteiger partial charge in [-0.3, -0.25) is 20.2 Å². The molecule has 0 radical (unpaired) electrons. The highest BCUT2D eigenvalue weighted by atomic mass is 35.5. The average Bonchev–Trinajstić information content (AvgIpc) is 3.30. The number of nitro groups is 1. The quantitative estimate of drug-likeness (QED) is 0.303. The number of piperazine rings is 1. The van der Waals surface area contributed by atoms with Crippen molar-refractivity contribution in [1.29, 1.82) is 0 Å². The summed E-state index contributed by atoms with van der Waals surface area (Å²) >= 11 is 17.7. The first-order chi connectivity index (χ1) is 15.8. The number of amides is 1. The van der Waals surface area contributed by atoms with E-state index in [0.29, 0.717) is 47.1 Å². The Labute approximate surface area is 204 Å². The summed E-state index contributed by atoms with van der Waals surface area (Å²) < 4.78 is 5.67. The van der Waals surface area contributed by atoms with E-state index in [9.17, 15) is 14.9 Å². The van der Waals surface area contributed by atoms with Crippen LogP contribution in [0.5, 0.6) is 0 Å². The number of thiocarbonyl (C=S) groups is 1. The number of non-ortho nitro benzene ring substituents is 1. The molecule has 1 aromatic heterocycles. The minimum Gasteiger partial charge on any atom is -0.451 e. The van der Waals surface area contributed by atoms with Crippen LogP contribution in [0.3, 0.4) is 0 Å². The Morgan fingerprint density at radius 2 is 1.82 bits per heavy atom. The number of benzene rings is 2. The van der Waals surface area contributed by atoms with Crippen molar-refractivity contribution in [2.75, 3.05) is 31.1 Å². The van der Waals surface area contributed by atoms with Crippen molar-refractivity contribution >= 4 is 57.8 Å². The van der Waals surface area contributed by atoms with Gasteiger partial charge in [-0.15, -0.1) is 0 Å². The summed E-state index contributed by atoms with van der Waals surface area (Å²) in [5.41, 5.74) is 1.44. The fraction of sp³-hybridized carbons (Fsp3) is 0.182. The Bertz CT molecular complexity index is 1220. The first-order valence-electron chi connectivity index (χ1n) is 9.97. The van der Waals surface area contributed by atoms with Gasteiger partial charge in [-0.1, -0.05) is 35.3 Å². The van der Waals surface area contributed by atoms with Crippen LogP contribution < -0.4 is 10.2 Å². The van der Waals surface area contributed by atoms with E-state index in [0.717, 1.165) is 11.3 Å². The van der Waals surface area contributed by atoms with Gasteiger partial charge >= 0.3 is 0 Å². The number of carbonyl (C=O) groups is 1. The first kappa shape index (κ1) is 23.0. The third-order valence-electron chi connectivity index (χ3n) is 5.21. The van der Waals surface area contributed by atoms with Gasteiger partial charge < -0.3 is 14.2 Å². The van der Waals surface area contributed by atoms with Crippen LogP contribution in [-0.2, 0) is 0 Å². The number of nitro benzene ring substituents is 1. The maximum Gasteiger partial charge on any atom is 0.293 e. The number of carbonyl (C=O) groups excluding carboxylic acids is 1. The maximum atomic E-state index is 12.6. The predicted molar refractivity (Wildman–Crippen MR) is 131 cm³/mol. The van der Waals surface area contributed by atoms with Gasteiger partial charge in [0.1, 0.15) is 5.76 Å². The van der Waals surface area contributed by atoms with Crippen LogP contribution in [0.15, 0.2) is 59.0 Å². The summed E-state index contributed by atoms with van der Waals surface area (Å²) in [5.74, 6) is 0.236. The third-order valence-corrected chi connectivity index (χ3v) is 6.11. The number of hydrogen-bond acceptors (Lipinski definition) is 6. The molecule has 2 aromatic carbocycles. The normalized spacial score (nSPS) is 13.6. The largest absolute Gasteiger partial charge is 0.451 e. The third kappa shape index (κ3) is 5.27. The lowest BCUT2D eigenvalue weighted by molar-refractivity contribution is -0.384. The van der Waals surface area contributed by atoms with Crippen molar-refractivity contribution in [3.05, 3.63) is 80.5 Å². The molecule has 1 amide bonds. The Balaban J connectivity index is 1.34. The van der Waals surface area contributed by atoms with E-state index >= 15 is 0 Å². The highest BCUT2D eigenvalue weighted by Crippen LogP contribution is 2.30. The molecule has 1 fully saturated rings. The molecule has 0 saturated carbocycles. The number of anilines is 1. The van der Waals surface area contributed by atoms with Crippen molar-refractivity contribution < 1.29 is 14.1 Å². The van der Waals surface area contributed by atoms with E-state index in [1.54, 1.807) is 36.4 Å². The fourth-order valence-electron chi connectivity index (χ4n) is 3.51. The Morgan fingerprint density at radius 3 is 2.48 bits per heavy atom. The molecular weight excluding hydrogens is 487 g/mol. The molecule has 0 bridgehead atoms. The minimum atomic E-state index is -0.480. The molecule has 0 atom stereocenters. The van der Waals surface area contributed by atoms with Crippen LogP contribution in [0.4, 0.5) is 11.4 Å². The molecule has 3 aromatic rings. The molecule has 1 aliphatic rings. The first-order valence-corrected chi connectivity index (χ1v) is 11.1. The van der Waals surface area contributed by atoms with Crippen LogP contribution in [0.25, 0.3) is 11.3 Å². The summed E-state index contributed by atoms with van der Waals surface area (Å²) in [6.45, 7) is 2.29. The molecule has 1 N–H and O–H groups in total. The molecule has 1 saturated heterocycles. The summed E-state index contributed by atoms with van der Waals surface area (Å²) in [7, 11) is 0. The number of nitrogens with zero attached hydrogens (tertiary/aromatic N) is 3. The Hall–Kier alpha value is -3.14. The molecule has 0 spiro atoms.